The van der Waals surface area contributed by atoms with E-state index in [1.165, 1.54) is 10.9 Å². The van der Waals surface area contributed by atoms with Crippen LogP contribution in [0.2, 0.25) is 0 Å². The summed E-state index contributed by atoms with van der Waals surface area (Å²) in [6.45, 7) is 2.81. The van der Waals surface area contributed by atoms with Crippen LogP contribution in [-0.4, -0.2) is 69.7 Å². The SMILES string of the molecule is COc1ccc(C(OC2[C@@H](CO)O[C@@H](n3cnc4c(=O)[nH]c(NC(=O)C(C)C)nc43)[C@H]2F)(c2ccccc2)c2ccc(OC)cc2)cc1. The van der Waals surface area contributed by atoms with Gasteiger partial charge in [-0.2, -0.15) is 4.98 Å². The summed E-state index contributed by atoms with van der Waals surface area (Å²) in [5.74, 6) is 0.375. The standard InChI is InChI=1S/C35H36FN5O7/c1-20(2)31(43)39-34-38-30-28(32(44)40-34)37-19-41(30)33-27(36)29(26(18-42)47-33)48-35(21-8-6-5-7-9-21,22-10-14-24(45-3)15-11-22)23-12-16-25(46-4)17-13-23/h5-17,19-20,26-27,29,33,42H,18H2,1-4H3,(H2,38,39,40,43,44)/t26-,27+,29?,33-/m1/s1. The van der Waals surface area contributed by atoms with Crippen LogP contribution in [0.4, 0.5) is 10.3 Å². The highest BCUT2D eigenvalue weighted by molar-refractivity contribution is 5.91. The van der Waals surface area contributed by atoms with Crippen molar-refractivity contribution in [3.63, 3.8) is 0 Å². The number of aromatic amines is 1. The molecule has 12 nitrogen and oxygen atoms in total. The number of rotatable bonds is 11. The average Bonchev–Trinajstić information content (AvgIpc) is 3.67. The molecule has 6 rings (SSSR count). The highest BCUT2D eigenvalue weighted by Gasteiger charge is 2.52. The molecule has 13 heteroatoms. The Bertz CT molecular complexity index is 1880. The Morgan fingerprint density at radius 3 is 2.12 bits per heavy atom. The van der Waals surface area contributed by atoms with Gasteiger partial charge in [0.05, 0.1) is 27.2 Å². The fraction of sp³-hybridized carbons (Fsp3) is 0.314. The third-order valence-corrected chi connectivity index (χ3v) is 8.41. The van der Waals surface area contributed by atoms with E-state index in [2.05, 4.69) is 20.3 Å². The number of hydrogen-bond donors (Lipinski definition) is 3. The van der Waals surface area contributed by atoms with Gasteiger partial charge in [-0.25, -0.2) is 9.37 Å². The van der Waals surface area contributed by atoms with Crippen molar-refractivity contribution in [3.8, 4) is 11.5 Å². The maximum atomic E-state index is 17.0. The van der Waals surface area contributed by atoms with Gasteiger partial charge in [-0.1, -0.05) is 68.4 Å². The number of methoxy groups -OCH3 is 2. The summed E-state index contributed by atoms with van der Waals surface area (Å²) in [6, 6.07) is 23.9. The number of nitrogens with zero attached hydrogens (tertiary/aromatic N) is 3. The summed E-state index contributed by atoms with van der Waals surface area (Å²) in [5, 5.41) is 13.1. The normalized spacial score (nSPS) is 19.5. The van der Waals surface area contributed by atoms with E-state index in [1.54, 1.807) is 52.3 Å². The Morgan fingerprint density at radius 1 is 1.00 bits per heavy atom. The highest BCUT2D eigenvalue weighted by atomic mass is 19.1. The maximum Gasteiger partial charge on any atom is 0.280 e. The number of aliphatic hydroxyl groups is 1. The second kappa shape index (κ2) is 13.6. The van der Waals surface area contributed by atoms with Crippen LogP contribution >= 0.6 is 0 Å². The summed E-state index contributed by atoms with van der Waals surface area (Å²) in [6.07, 6.45) is -4.49. The number of nitrogens with one attached hydrogen (secondary N) is 2. The Balaban J connectivity index is 1.46. The molecule has 4 atom stereocenters. The van der Waals surface area contributed by atoms with Crippen LogP contribution in [0.5, 0.6) is 11.5 Å². The van der Waals surface area contributed by atoms with Crippen LogP contribution in [0.15, 0.2) is 90.0 Å². The topological polar surface area (TPSA) is 150 Å². The zero-order valence-electron chi connectivity index (χ0n) is 26.8. The molecule has 3 heterocycles. The Kier molecular flexibility index (Phi) is 9.27. The van der Waals surface area contributed by atoms with E-state index in [0.29, 0.717) is 28.2 Å². The summed E-state index contributed by atoms with van der Waals surface area (Å²) in [4.78, 5) is 36.2. The summed E-state index contributed by atoms with van der Waals surface area (Å²) < 4.78 is 42.2. The lowest BCUT2D eigenvalue weighted by Crippen LogP contribution is -2.44. The number of aromatic nitrogens is 4. The molecule has 0 radical (unpaired) electrons. The number of carbonyl (C=O) groups is 1. The number of carbonyl (C=O) groups excluding carboxylic acids is 1. The van der Waals surface area contributed by atoms with Gasteiger partial charge in [0.25, 0.3) is 5.56 Å². The molecule has 0 saturated carbocycles. The average molecular weight is 658 g/mol. The maximum absolute atomic E-state index is 17.0. The fourth-order valence-corrected chi connectivity index (χ4v) is 5.87. The van der Waals surface area contributed by atoms with E-state index in [-0.39, 0.29) is 28.9 Å². The van der Waals surface area contributed by atoms with Gasteiger partial charge in [-0.3, -0.25) is 24.5 Å². The summed E-state index contributed by atoms with van der Waals surface area (Å²) >= 11 is 0. The molecule has 2 aromatic heterocycles. The number of alkyl halides is 1. The third kappa shape index (κ3) is 5.91. The van der Waals surface area contributed by atoms with Crippen LogP contribution < -0.4 is 20.3 Å². The van der Waals surface area contributed by atoms with Gasteiger partial charge in [-0.05, 0) is 41.0 Å². The number of benzene rings is 3. The van der Waals surface area contributed by atoms with Crippen molar-refractivity contribution >= 4 is 23.0 Å². The molecule has 1 amide bonds. The first kappa shape index (κ1) is 32.8. The minimum absolute atomic E-state index is 0.0116. The van der Waals surface area contributed by atoms with Crippen LogP contribution in [-0.2, 0) is 19.9 Å². The predicted octanol–water partition coefficient (Wildman–Crippen LogP) is 4.34. The molecule has 1 saturated heterocycles. The molecular formula is C35H36FN5O7. The molecule has 0 aliphatic carbocycles. The van der Waals surface area contributed by atoms with Crippen LogP contribution in [0.3, 0.4) is 0 Å². The predicted molar refractivity (Wildman–Crippen MR) is 175 cm³/mol. The lowest BCUT2D eigenvalue weighted by molar-refractivity contribution is -0.118. The minimum atomic E-state index is -1.88. The van der Waals surface area contributed by atoms with Gasteiger partial charge in [0.1, 0.15) is 29.3 Å². The second-order valence-corrected chi connectivity index (χ2v) is 11.7. The van der Waals surface area contributed by atoms with Crippen LogP contribution in [0.1, 0.15) is 36.8 Å². The van der Waals surface area contributed by atoms with E-state index < -0.39 is 42.4 Å². The smallest absolute Gasteiger partial charge is 0.280 e. The van der Waals surface area contributed by atoms with Crippen molar-refractivity contribution in [1.82, 2.24) is 19.5 Å². The quantitative estimate of drug-likeness (QED) is 0.176. The zero-order chi connectivity index (χ0) is 34.0. The van der Waals surface area contributed by atoms with Crippen LogP contribution in [0.25, 0.3) is 11.2 Å². The zero-order valence-corrected chi connectivity index (χ0v) is 26.8. The summed E-state index contributed by atoms with van der Waals surface area (Å²) in [7, 11) is 3.14. The number of imidazole rings is 1. The lowest BCUT2D eigenvalue weighted by atomic mass is 9.79. The third-order valence-electron chi connectivity index (χ3n) is 8.41. The molecule has 1 aliphatic heterocycles. The van der Waals surface area contributed by atoms with Crippen molar-refractivity contribution in [2.24, 2.45) is 5.92 Å². The van der Waals surface area contributed by atoms with Crippen LogP contribution in [0, 0.1) is 5.92 Å². The number of anilines is 1. The molecule has 0 bridgehead atoms. The van der Waals surface area contributed by atoms with Gasteiger partial charge in [-0.15, -0.1) is 0 Å². The first-order valence-corrected chi connectivity index (χ1v) is 15.4. The van der Waals surface area contributed by atoms with Gasteiger partial charge in [0, 0.05) is 5.92 Å². The van der Waals surface area contributed by atoms with Crippen molar-refractivity contribution in [3.05, 3.63) is 112 Å². The van der Waals surface area contributed by atoms with Crippen molar-refractivity contribution in [2.75, 3.05) is 26.1 Å². The number of hydrogen-bond acceptors (Lipinski definition) is 9. The molecule has 1 aliphatic rings. The lowest BCUT2D eigenvalue weighted by Gasteiger charge is -2.39. The van der Waals surface area contributed by atoms with E-state index in [0.717, 1.165) is 0 Å². The van der Waals surface area contributed by atoms with Crippen molar-refractivity contribution in [1.29, 1.82) is 0 Å². The summed E-state index contributed by atoms with van der Waals surface area (Å²) in [5.41, 5.74) is -0.0889. The Morgan fingerprint density at radius 2 is 1.58 bits per heavy atom. The Hall–Kier alpha value is -5.11. The number of aliphatic hydroxyl groups excluding tert-OH is 1. The molecule has 3 aromatic carbocycles. The fourth-order valence-electron chi connectivity index (χ4n) is 5.87. The number of ether oxygens (including phenoxy) is 4. The van der Waals surface area contributed by atoms with Gasteiger partial charge in [0.2, 0.25) is 11.9 Å². The highest BCUT2D eigenvalue weighted by Crippen LogP contribution is 2.46. The number of fused-ring (bicyclic) bond motifs is 1. The van der Waals surface area contributed by atoms with Gasteiger partial charge in [0.15, 0.2) is 23.6 Å². The Labute approximate surface area is 275 Å². The van der Waals surface area contributed by atoms with Crippen molar-refractivity contribution < 1.29 is 33.2 Å². The molecule has 3 N–H and O–H groups in total. The monoisotopic (exact) mass is 657 g/mol. The molecule has 1 fully saturated rings. The molecule has 5 aromatic rings. The second-order valence-electron chi connectivity index (χ2n) is 11.7. The molecular weight excluding hydrogens is 621 g/mol. The minimum Gasteiger partial charge on any atom is -0.497 e. The number of halogens is 1. The largest absolute Gasteiger partial charge is 0.497 e. The number of H-pyrrole nitrogens is 1. The molecule has 0 spiro atoms. The van der Waals surface area contributed by atoms with E-state index >= 15 is 4.39 Å². The molecule has 1 unspecified atom stereocenters. The van der Waals surface area contributed by atoms with E-state index in [1.807, 2.05) is 54.6 Å². The first-order chi connectivity index (χ1) is 23.2. The van der Waals surface area contributed by atoms with Crippen molar-refractivity contribution in [2.45, 2.75) is 44.1 Å². The van der Waals surface area contributed by atoms with E-state index in [9.17, 15) is 14.7 Å². The van der Waals surface area contributed by atoms with Gasteiger partial charge >= 0.3 is 0 Å². The number of amides is 1. The first-order valence-electron chi connectivity index (χ1n) is 15.4. The molecule has 48 heavy (non-hydrogen) atoms. The van der Waals surface area contributed by atoms with Gasteiger partial charge < -0.3 is 24.1 Å². The molecule has 250 valence electrons. The van der Waals surface area contributed by atoms with E-state index in [4.69, 9.17) is 18.9 Å².